The van der Waals surface area contributed by atoms with Crippen molar-refractivity contribution in [3.63, 3.8) is 0 Å². The second kappa shape index (κ2) is 6.56. The maximum absolute atomic E-state index is 12.2. The van der Waals surface area contributed by atoms with E-state index in [1.165, 1.54) is 4.90 Å². The molecule has 1 unspecified atom stereocenters. The summed E-state index contributed by atoms with van der Waals surface area (Å²) in [4.78, 5) is 14.9. The predicted molar refractivity (Wildman–Crippen MR) is 66.5 cm³/mol. The van der Waals surface area contributed by atoms with Crippen molar-refractivity contribution in [1.82, 2.24) is 9.80 Å². The average Bonchev–Trinajstić information content (AvgIpc) is 2.35. The Balaban J connectivity index is 2.43. The van der Waals surface area contributed by atoms with E-state index in [-0.39, 0.29) is 24.9 Å². The van der Waals surface area contributed by atoms with Gasteiger partial charge in [0.2, 0.25) is 5.91 Å². The van der Waals surface area contributed by atoms with Crippen molar-refractivity contribution in [2.75, 3.05) is 32.7 Å². The molecule has 2 N–H and O–H groups in total. The Bertz CT molecular complexity index is 301. The van der Waals surface area contributed by atoms with Crippen LogP contribution in [-0.4, -0.2) is 60.6 Å². The van der Waals surface area contributed by atoms with Crippen LogP contribution < -0.4 is 5.73 Å². The predicted octanol–water partition coefficient (Wildman–Crippen LogP) is 1.07. The van der Waals surface area contributed by atoms with E-state index < -0.39 is 18.8 Å². The molecule has 0 aromatic rings. The Labute approximate surface area is 111 Å². The van der Waals surface area contributed by atoms with E-state index in [1.54, 1.807) is 4.90 Å². The van der Waals surface area contributed by atoms with Gasteiger partial charge in [-0.25, -0.2) is 0 Å². The van der Waals surface area contributed by atoms with Crippen LogP contribution in [0.5, 0.6) is 0 Å². The molecule has 0 bridgehead atoms. The molecule has 1 rings (SSSR count). The third-order valence-electron chi connectivity index (χ3n) is 3.63. The van der Waals surface area contributed by atoms with Crippen molar-refractivity contribution in [2.24, 2.45) is 11.7 Å². The standard InChI is InChI=1S/C12H22F3N3O/c1-3-9(2)10(16)11(19)18-6-4-17(5-7-18)8-12(13,14)15/h9-10H,3-8,16H2,1-2H3/t9?,10-/m0/s1. The van der Waals surface area contributed by atoms with E-state index in [4.69, 9.17) is 5.73 Å². The number of halogens is 3. The van der Waals surface area contributed by atoms with Gasteiger partial charge in [-0.05, 0) is 5.92 Å². The van der Waals surface area contributed by atoms with Gasteiger partial charge in [0.15, 0.2) is 0 Å². The zero-order chi connectivity index (χ0) is 14.6. The fourth-order valence-corrected chi connectivity index (χ4v) is 2.09. The second-order valence-electron chi connectivity index (χ2n) is 5.13. The first-order chi connectivity index (χ1) is 8.74. The molecule has 0 aliphatic carbocycles. The molecule has 4 nitrogen and oxygen atoms in total. The molecule has 1 saturated heterocycles. The molecule has 2 atom stereocenters. The first-order valence-corrected chi connectivity index (χ1v) is 6.58. The molecule has 0 radical (unpaired) electrons. The van der Waals surface area contributed by atoms with Gasteiger partial charge in [-0.2, -0.15) is 13.2 Å². The van der Waals surface area contributed by atoms with Crippen molar-refractivity contribution in [2.45, 2.75) is 32.5 Å². The topological polar surface area (TPSA) is 49.6 Å². The number of amides is 1. The van der Waals surface area contributed by atoms with Crippen LogP contribution in [-0.2, 0) is 4.79 Å². The molecule has 19 heavy (non-hydrogen) atoms. The van der Waals surface area contributed by atoms with E-state index >= 15 is 0 Å². The lowest BCUT2D eigenvalue weighted by Crippen LogP contribution is -2.55. The molecule has 7 heteroatoms. The highest BCUT2D eigenvalue weighted by Crippen LogP contribution is 2.18. The maximum Gasteiger partial charge on any atom is 0.401 e. The summed E-state index contributed by atoms with van der Waals surface area (Å²) in [5.41, 5.74) is 5.85. The van der Waals surface area contributed by atoms with Gasteiger partial charge in [-0.1, -0.05) is 20.3 Å². The maximum atomic E-state index is 12.2. The number of carbonyl (C=O) groups excluding carboxylic acids is 1. The second-order valence-corrected chi connectivity index (χ2v) is 5.13. The Hall–Kier alpha value is -0.820. The summed E-state index contributed by atoms with van der Waals surface area (Å²) in [6, 6.07) is -0.556. The molecule has 0 aromatic carbocycles. The monoisotopic (exact) mass is 281 g/mol. The van der Waals surface area contributed by atoms with E-state index in [2.05, 4.69) is 0 Å². The Morgan fingerprint density at radius 3 is 2.21 bits per heavy atom. The molecule has 1 fully saturated rings. The van der Waals surface area contributed by atoms with Gasteiger partial charge in [-0.15, -0.1) is 0 Å². The van der Waals surface area contributed by atoms with Crippen molar-refractivity contribution < 1.29 is 18.0 Å². The number of alkyl halides is 3. The van der Waals surface area contributed by atoms with Crippen molar-refractivity contribution in [3.8, 4) is 0 Å². The summed E-state index contributed by atoms with van der Waals surface area (Å²) in [7, 11) is 0. The minimum absolute atomic E-state index is 0.0840. The summed E-state index contributed by atoms with van der Waals surface area (Å²) in [5, 5.41) is 0. The van der Waals surface area contributed by atoms with Crippen LogP contribution in [0.3, 0.4) is 0 Å². The smallest absolute Gasteiger partial charge is 0.339 e. The molecule has 1 amide bonds. The first kappa shape index (κ1) is 16.2. The summed E-state index contributed by atoms with van der Waals surface area (Å²) in [5.74, 6) is -0.0679. The van der Waals surface area contributed by atoms with E-state index in [0.717, 1.165) is 6.42 Å². The summed E-state index contributed by atoms with van der Waals surface area (Å²) in [6.07, 6.45) is -3.37. The summed E-state index contributed by atoms with van der Waals surface area (Å²) < 4.78 is 36.7. The zero-order valence-corrected chi connectivity index (χ0v) is 11.4. The van der Waals surface area contributed by atoms with Gasteiger partial charge >= 0.3 is 6.18 Å². The van der Waals surface area contributed by atoms with Crippen molar-refractivity contribution in [1.29, 1.82) is 0 Å². The molecular formula is C12H22F3N3O. The van der Waals surface area contributed by atoms with Gasteiger partial charge in [0.25, 0.3) is 0 Å². The van der Waals surface area contributed by atoms with E-state index in [0.29, 0.717) is 13.1 Å². The lowest BCUT2D eigenvalue weighted by Gasteiger charge is -2.36. The third kappa shape index (κ3) is 4.99. The largest absolute Gasteiger partial charge is 0.401 e. The van der Waals surface area contributed by atoms with Gasteiger partial charge in [0, 0.05) is 26.2 Å². The molecule has 0 spiro atoms. The van der Waals surface area contributed by atoms with Crippen LogP contribution in [0.1, 0.15) is 20.3 Å². The van der Waals surface area contributed by atoms with Crippen molar-refractivity contribution >= 4 is 5.91 Å². The fourth-order valence-electron chi connectivity index (χ4n) is 2.09. The number of nitrogens with two attached hydrogens (primary N) is 1. The molecule has 1 aliphatic heterocycles. The lowest BCUT2D eigenvalue weighted by molar-refractivity contribution is -0.152. The van der Waals surface area contributed by atoms with Crippen molar-refractivity contribution in [3.05, 3.63) is 0 Å². The molecular weight excluding hydrogens is 259 g/mol. The average molecular weight is 281 g/mol. The van der Waals surface area contributed by atoms with E-state index in [1.807, 2.05) is 13.8 Å². The summed E-state index contributed by atoms with van der Waals surface area (Å²) >= 11 is 0. The van der Waals surface area contributed by atoms with Crippen LogP contribution in [0.25, 0.3) is 0 Å². The Morgan fingerprint density at radius 1 is 1.26 bits per heavy atom. The van der Waals surface area contributed by atoms with Crippen LogP contribution in [0.2, 0.25) is 0 Å². The van der Waals surface area contributed by atoms with Crippen LogP contribution >= 0.6 is 0 Å². The number of carbonyl (C=O) groups is 1. The quantitative estimate of drug-likeness (QED) is 0.838. The third-order valence-corrected chi connectivity index (χ3v) is 3.63. The first-order valence-electron chi connectivity index (χ1n) is 6.58. The highest BCUT2D eigenvalue weighted by Gasteiger charge is 2.34. The number of hydrogen-bond acceptors (Lipinski definition) is 3. The van der Waals surface area contributed by atoms with Crippen LogP contribution in [0, 0.1) is 5.92 Å². The molecule has 1 heterocycles. The summed E-state index contributed by atoms with van der Waals surface area (Å²) in [6.45, 7) is 4.09. The van der Waals surface area contributed by atoms with Gasteiger partial charge in [0.1, 0.15) is 0 Å². The highest BCUT2D eigenvalue weighted by atomic mass is 19.4. The van der Waals surface area contributed by atoms with Crippen LogP contribution in [0.15, 0.2) is 0 Å². The van der Waals surface area contributed by atoms with Gasteiger partial charge in [0.05, 0.1) is 12.6 Å². The highest BCUT2D eigenvalue weighted by molar-refractivity contribution is 5.82. The molecule has 0 aromatic heterocycles. The molecule has 112 valence electrons. The van der Waals surface area contributed by atoms with E-state index in [9.17, 15) is 18.0 Å². The molecule has 0 saturated carbocycles. The number of nitrogens with zero attached hydrogens (tertiary/aromatic N) is 2. The zero-order valence-electron chi connectivity index (χ0n) is 11.4. The van der Waals surface area contributed by atoms with Crippen LogP contribution in [0.4, 0.5) is 13.2 Å². The molecule has 1 aliphatic rings. The Morgan fingerprint density at radius 2 is 1.79 bits per heavy atom. The normalized spacial score (nSPS) is 21.3. The number of hydrogen-bond donors (Lipinski definition) is 1. The fraction of sp³-hybridized carbons (Fsp3) is 0.917. The SMILES string of the molecule is CCC(C)[C@H](N)C(=O)N1CCN(CC(F)(F)F)CC1. The minimum Gasteiger partial charge on any atom is -0.339 e. The van der Waals surface area contributed by atoms with Gasteiger partial charge in [-0.3, -0.25) is 9.69 Å². The lowest BCUT2D eigenvalue weighted by atomic mass is 9.98. The Kier molecular flexibility index (Phi) is 5.61. The number of piperazine rings is 1. The minimum atomic E-state index is -4.18. The number of rotatable bonds is 4. The van der Waals surface area contributed by atoms with Gasteiger partial charge < -0.3 is 10.6 Å².